The zero-order chi connectivity index (χ0) is 13.4. The Morgan fingerprint density at radius 2 is 2.26 bits per heavy atom. The molecule has 0 saturated carbocycles. The van der Waals surface area contributed by atoms with Crippen LogP contribution >= 0.6 is 27.3 Å². The number of hydrogen-bond acceptors (Lipinski definition) is 4. The van der Waals surface area contributed by atoms with Crippen molar-refractivity contribution in [2.45, 2.75) is 18.6 Å². The molecule has 0 saturated heterocycles. The van der Waals surface area contributed by atoms with Crippen molar-refractivity contribution < 1.29 is 9.47 Å². The highest BCUT2D eigenvalue weighted by molar-refractivity contribution is 9.10. The van der Waals surface area contributed by atoms with Crippen LogP contribution in [0.1, 0.15) is 29.0 Å². The number of ether oxygens (including phenoxy) is 2. The third-order valence-corrected chi connectivity index (χ3v) is 5.25. The molecule has 1 unspecified atom stereocenters. The molecule has 1 aromatic heterocycles. The lowest BCUT2D eigenvalue weighted by molar-refractivity contribution is 0.164. The van der Waals surface area contributed by atoms with Gasteiger partial charge in [0.1, 0.15) is 17.6 Å². The van der Waals surface area contributed by atoms with Crippen LogP contribution < -0.4 is 15.2 Å². The highest BCUT2D eigenvalue weighted by Crippen LogP contribution is 2.44. The van der Waals surface area contributed by atoms with Crippen molar-refractivity contribution in [3.8, 4) is 11.5 Å². The summed E-state index contributed by atoms with van der Waals surface area (Å²) in [6.45, 7) is 0. The third kappa shape index (κ3) is 2.38. The summed E-state index contributed by atoms with van der Waals surface area (Å²) in [6, 6.07) is 7.80. The van der Waals surface area contributed by atoms with Crippen LogP contribution in [0.4, 0.5) is 0 Å². The predicted octanol–water partition coefficient (Wildman–Crippen LogP) is 4.04. The van der Waals surface area contributed by atoms with Crippen LogP contribution in [-0.2, 0) is 0 Å². The number of nitrogens with two attached hydrogens (primary N) is 1. The first kappa shape index (κ1) is 13.0. The first-order valence-corrected chi connectivity index (χ1v) is 7.69. The average molecular weight is 340 g/mol. The van der Waals surface area contributed by atoms with E-state index in [1.54, 1.807) is 18.4 Å². The molecule has 1 aliphatic heterocycles. The molecule has 1 aliphatic rings. The number of hydrogen-bond donors (Lipinski definition) is 1. The van der Waals surface area contributed by atoms with E-state index in [4.69, 9.17) is 15.2 Å². The fourth-order valence-corrected chi connectivity index (χ4v) is 3.98. The summed E-state index contributed by atoms with van der Waals surface area (Å²) < 4.78 is 12.4. The van der Waals surface area contributed by atoms with Gasteiger partial charge in [0.15, 0.2) is 0 Å². The molecule has 2 aromatic rings. The Morgan fingerprint density at radius 3 is 2.95 bits per heavy atom. The fraction of sp³-hybridized carbons (Fsp3) is 0.286. The van der Waals surface area contributed by atoms with Gasteiger partial charge in [0, 0.05) is 22.5 Å². The zero-order valence-corrected chi connectivity index (χ0v) is 12.8. The molecule has 3 rings (SSSR count). The number of rotatable bonds is 2. The summed E-state index contributed by atoms with van der Waals surface area (Å²) in [4.78, 5) is 1.19. The van der Waals surface area contributed by atoms with Gasteiger partial charge in [-0.05, 0) is 45.6 Å². The Balaban J connectivity index is 1.94. The van der Waals surface area contributed by atoms with Gasteiger partial charge in [-0.15, -0.1) is 11.3 Å². The number of halogens is 1. The molecule has 19 heavy (non-hydrogen) atoms. The molecule has 0 radical (unpaired) electrons. The number of thiophene rings is 1. The topological polar surface area (TPSA) is 44.5 Å². The SMILES string of the molecule is COc1ccc2c(c1)[C@@H](N)CC(c1sccc1Br)O2. The third-order valence-electron chi connectivity index (χ3n) is 3.29. The van der Waals surface area contributed by atoms with Crippen molar-refractivity contribution in [3.05, 3.63) is 44.6 Å². The number of fused-ring (bicyclic) bond motifs is 1. The van der Waals surface area contributed by atoms with E-state index in [9.17, 15) is 0 Å². The summed E-state index contributed by atoms with van der Waals surface area (Å²) in [6.07, 6.45) is 0.796. The smallest absolute Gasteiger partial charge is 0.136 e. The Bertz CT molecular complexity index is 599. The summed E-state index contributed by atoms with van der Waals surface area (Å²) in [5.74, 6) is 1.67. The quantitative estimate of drug-likeness (QED) is 0.897. The molecule has 100 valence electrons. The van der Waals surface area contributed by atoms with E-state index in [-0.39, 0.29) is 12.1 Å². The number of methoxy groups -OCH3 is 1. The average Bonchev–Trinajstić information content (AvgIpc) is 2.84. The fourth-order valence-electron chi connectivity index (χ4n) is 2.31. The summed E-state index contributed by atoms with van der Waals surface area (Å²) >= 11 is 5.24. The van der Waals surface area contributed by atoms with Crippen molar-refractivity contribution >= 4 is 27.3 Å². The Morgan fingerprint density at radius 1 is 1.42 bits per heavy atom. The van der Waals surface area contributed by atoms with Crippen LogP contribution in [-0.4, -0.2) is 7.11 Å². The maximum Gasteiger partial charge on any atom is 0.136 e. The van der Waals surface area contributed by atoms with Crippen LogP contribution in [0.15, 0.2) is 34.1 Å². The lowest BCUT2D eigenvalue weighted by atomic mass is 9.96. The van der Waals surface area contributed by atoms with Crippen molar-refractivity contribution in [2.75, 3.05) is 7.11 Å². The minimum absolute atomic E-state index is 0.0188. The van der Waals surface area contributed by atoms with E-state index in [0.717, 1.165) is 28.0 Å². The van der Waals surface area contributed by atoms with E-state index in [1.165, 1.54) is 4.88 Å². The largest absolute Gasteiger partial charge is 0.497 e. The maximum absolute atomic E-state index is 6.27. The van der Waals surface area contributed by atoms with E-state index < -0.39 is 0 Å². The van der Waals surface area contributed by atoms with E-state index >= 15 is 0 Å². The summed E-state index contributed by atoms with van der Waals surface area (Å²) in [5.41, 5.74) is 7.29. The van der Waals surface area contributed by atoms with Crippen LogP contribution in [0, 0.1) is 0 Å². The predicted molar refractivity (Wildman–Crippen MR) is 79.9 cm³/mol. The van der Waals surface area contributed by atoms with Gasteiger partial charge in [-0.25, -0.2) is 0 Å². The number of benzene rings is 1. The first-order valence-electron chi connectivity index (χ1n) is 6.02. The van der Waals surface area contributed by atoms with Crippen molar-refractivity contribution in [3.63, 3.8) is 0 Å². The zero-order valence-electron chi connectivity index (χ0n) is 10.4. The van der Waals surface area contributed by atoms with Gasteiger partial charge >= 0.3 is 0 Å². The van der Waals surface area contributed by atoms with Crippen molar-refractivity contribution in [1.82, 2.24) is 0 Å². The van der Waals surface area contributed by atoms with Gasteiger partial charge in [-0.1, -0.05) is 0 Å². The van der Waals surface area contributed by atoms with Crippen LogP contribution in [0.5, 0.6) is 11.5 Å². The molecule has 0 amide bonds. The van der Waals surface area contributed by atoms with E-state index in [2.05, 4.69) is 21.3 Å². The standard InChI is InChI=1S/C14H14BrNO2S/c1-17-8-2-3-12-9(6-8)11(16)7-13(18-12)14-10(15)4-5-19-14/h2-6,11,13H,7,16H2,1H3/t11-,13?/m0/s1. The van der Waals surface area contributed by atoms with E-state index in [0.29, 0.717) is 0 Å². The molecule has 2 heterocycles. The van der Waals surface area contributed by atoms with Gasteiger partial charge in [0.2, 0.25) is 0 Å². The molecule has 0 bridgehead atoms. The monoisotopic (exact) mass is 339 g/mol. The van der Waals surface area contributed by atoms with Gasteiger partial charge in [0.05, 0.1) is 12.0 Å². The molecule has 0 aliphatic carbocycles. The second kappa shape index (κ2) is 5.15. The van der Waals surface area contributed by atoms with Gasteiger partial charge in [0.25, 0.3) is 0 Å². The van der Waals surface area contributed by atoms with Crippen LogP contribution in [0.25, 0.3) is 0 Å². The Kier molecular flexibility index (Phi) is 3.52. The minimum atomic E-state index is -0.0298. The lowest BCUT2D eigenvalue weighted by Crippen LogP contribution is -2.23. The van der Waals surface area contributed by atoms with Gasteiger partial charge in [-0.2, -0.15) is 0 Å². The van der Waals surface area contributed by atoms with Crippen LogP contribution in [0.2, 0.25) is 0 Å². The van der Waals surface area contributed by atoms with Gasteiger partial charge in [-0.3, -0.25) is 0 Å². The second-order valence-corrected chi connectivity index (χ2v) is 6.29. The molecule has 2 atom stereocenters. The Hall–Kier alpha value is -1.04. The molecular formula is C14H14BrNO2S. The van der Waals surface area contributed by atoms with Crippen LogP contribution in [0.3, 0.4) is 0 Å². The Labute approximate surface area is 124 Å². The minimum Gasteiger partial charge on any atom is -0.497 e. The highest BCUT2D eigenvalue weighted by Gasteiger charge is 2.29. The molecule has 2 N–H and O–H groups in total. The summed E-state index contributed by atoms with van der Waals surface area (Å²) in [7, 11) is 1.66. The van der Waals surface area contributed by atoms with Crippen molar-refractivity contribution in [2.24, 2.45) is 5.73 Å². The molecule has 1 aromatic carbocycles. The maximum atomic E-state index is 6.27. The molecule has 3 nitrogen and oxygen atoms in total. The second-order valence-electron chi connectivity index (χ2n) is 4.49. The molecular weight excluding hydrogens is 326 g/mol. The summed E-state index contributed by atoms with van der Waals surface area (Å²) in [5, 5.41) is 2.05. The first-order chi connectivity index (χ1) is 9.19. The molecule has 5 heteroatoms. The highest BCUT2D eigenvalue weighted by atomic mass is 79.9. The van der Waals surface area contributed by atoms with E-state index in [1.807, 2.05) is 24.3 Å². The normalized spacial score (nSPS) is 21.6. The van der Waals surface area contributed by atoms with Crippen molar-refractivity contribution in [1.29, 1.82) is 0 Å². The van der Waals surface area contributed by atoms with Gasteiger partial charge < -0.3 is 15.2 Å². The molecule has 0 spiro atoms. The lowest BCUT2D eigenvalue weighted by Gasteiger charge is -2.30. The molecule has 0 fully saturated rings.